The molecule has 5 nitrogen and oxygen atoms in total. The van der Waals surface area contributed by atoms with Gasteiger partial charge in [-0.2, -0.15) is 0 Å². The molecule has 138 valence electrons. The lowest BCUT2D eigenvalue weighted by atomic mass is 10.1. The van der Waals surface area contributed by atoms with E-state index in [1.54, 1.807) is 22.7 Å². The first-order valence-corrected chi connectivity index (χ1v) is 9.90. The van der Waals surface area contributed by atoms with Crippen LogP contribution in [0.1, 0.15) is 10.4 Å². The Balaban J connectivity index is 1.29. The fourth-order valence-electron chi connectivity index (χ4n) is 3.22. The Morgan fingerprint density at radius 3 is 2.41 bits per heavy atom. The van der Waals surface area contributed by atoms with E-state index in [2.05, 4.69) is 30.3 Å². The largest absolute Gasteiger partial charge is 0.472 e. The average Bonchev–Trinajstić information content (AvgIpc) is 3.26. The molecule has 0 atom stereocenters. The molecule has 2 amide bonds. The Hall–Kier alpha value is -2.73. The van der Waals surface area contributed by atoms with Gasteiger partial charge in [-0.05, 0) is 29.0 Å². The van der Waals surface area contributed by atoms with Crippen molar-refractivity contribution in [2.75, 3.05) is 31.9 Å². The van der Waals surface area contributed by atoms with Crippen molar-refractivity contribution in [3.63, 3.8) is 0 Å². The minimum atomic E-state index is -0.0404. The Bertz CT molecular complexity index is 947. The molecule has 1 saturated heterocycles. The molecule has 0 N–H and O–H groups in total. The maximum absolute atomic E-state index is 12.5. The summed E-state index contributed by atoms with van der Waals surface area (Å²) in [5, 5.41) is 2.38. The van der Waals surface area contributed by atoms with Crippen LogP contribution in [0.2, 0.25) is 0 Å². The third kappa shape index (κ3) is 4.01. The van der Waals surface area contributed by atoms with Crippen LogP contribution in [0.3, 0.4) is 0 Å². The summed E-state index contributed by atoms with van der Waals surface area (Å²) in [7, 11) is 0. The quantitative estimate of drug-likeness (QED) is 0.650. The van der Waals surface area contributed by atoms with Gasteiger partial charge in [0.05, 0.1) is 17.6 Å². The summed E-state index contributed by atoms with van der Waals surface area (Å²) >= 11 is 1.56. The SMILES string of the molecule is O=C(CSc1ccc2ccccc2c1)N1CCN(C(=O)c2ccoc2)CC1. The lowest BCUT2D eigenvalue weighted by molar-refractivity contribution is -0.129. The van der Waals surface area contributed by atoms with E-state index in [0.717, 1.165) is 4.90 Å². The van der Waals surface area contributed by atoms with E-state index in [0.29, 0.717) is 37.5 Å². The number of thioether (sulfide) groups is 1. The minimum Gasteiger partial charge on any atom is -0.472 e. The van der Waals surface area contributed by atoms with Gasteiger partial charge in [-0.1, -0.05) is 30.3 Å². The number of nitrogens with zero attached hydrogens (tertiary/aromatic N) is 2. The normalized spacial score (nSPS) is 14.5. The summed E-state index contributed by atoms with van der Waals surface area (Å²) in [5.41, 5.74) is 0.557. The Labute approximate surface area is 161 Å². The van der Waals surface area contributed by atoms with Crippen molar-refractivity contribution in [1.29, 1.82) is 0 Å². The van der Waals surface area contributed by atoms with Crippen LogP contribution < -0.4 is 0 Å². The number of rotatable bonds is 4. The van der Waals surface area contributed by atoms with Gasteiger partial charge in [-0.3, -0.25) is 9.59 Å². The molecule has 2 aromatic carbocycles. The Kier molecular flexibility index (Phi) is 5.16. The van der Waals surface area contributed by atoms with Crippen LogP contribution in [-0.4, -0.2) is 53.5 Å². The molecule has 4 rings (SSSR count). The summed E-state index contributed by atoms with van der Waals surface area (Å²) in [4.78, 5) is 29.5. The topological polar surface area (TPSA) is 53.8 Å². The summed E-state index contributed by atoms with van der Waals surface area (Å²) in [6.07, 6.45) is 2.96. The molecule has 1 aromatic heterocycles. The van der Waals surface area contributed by atoms with Crippen molar-refractivity contribution in [3.8, 4) is 0 Å². The summed E-state index contributed by atoms with van der Waals surface area (Å²) in [6.45, 7) is 2.24. The maximum atomic E-state index is 12.5. The van der Waals surface area contributed by atoms with Crippen molar-refractivity contribution in [3.05, 3.63) is 66.6 Å². The highest BCUT2D eigenvalue weighted by molar-refractivity contribution is 8.00. The van der Waals surface area contributed by atoms with E-state index < -0.39 is 0 Å². The highest BCUT2D eigenvalue weighted by Gasteiger charge is 2.25. The van der Waals surface area contributed by atoms with E-state index in [1.807, 2.05) is 17.0 Å². The fraction of sp³-hybridized carbons (Fsp3) is 0.238. The first-order chi connectivity index (χ1) is 13.2. The maximum Gasteiger partial charge on any atom is 0.257 e. The second-order valence-corrected chi connectivity index (χ2v) is 7.53. The third-order valence-corrected chi connectivity index (χ3v) is 5.75. The van der Waals surface area contributed by atoms with Crippen molar-refractivity contribution >= 4 is 34.3 Å². The molecule has 0 radical (unpaired) electrons. The smallest absolute Gasteiger partial charge is 0.257 e. The van der Waals surface area contributed by atoms with Crippen molar-refractivity contribution in [1.82, 2.24) is 9.80 Å². The van der Waals surface area contributed by atoms with Gasteiger partial charge in [0.25, 0.3) is 5.91 Å². The predicted molar refractivity (Wildman–Crippen MR) is 106 cm³/mol. The number of carbonyl (C=O) groups is 2. The van der Waals surface area contributed by atoms with E-state index in [9.17, 15) is 9.59 Å². The molecule has 1 aliphatic heterocycles. The van der Waals surface area contributed by atoms with E-state index in [1.165, 1.54) is 23.3 Å². The van der Waals surface area contributed by atoms with Gasteiger partial charge in [0.1, 0.15) is 6.26 Å². The highest BCUT2D eigenvalue weighted by atomic mass is 32.2. The van der Waals surface area contributed by atoms with E-state index >= 15 is 0 Å². The Morgan fingerprint density at radius 1 is 0.926 bits per heavy atom. The molecule has 0 aliphatic carbocycles. The monoisotopic (exact) mass is 380 g/mol. The van der Waals surface area contributed by atoms with E-state index in [-0.39, 0.29) is 11.8 Å². The second-order valence-electron chi connectivity index (χ2n) is 6.48. The molecule has 0 bridgehead atoms. The van der Waals surface area contributed by atoms with Crippen LogP contribution in [0.15, 0.2) is 70.4 Å². The van der Waals surface area contributed by atoms with Gasteiger partial charge in [-0.25, -0.2) is 0 Å². The van der Waals surface area contributed by atoms with Crippen LogP contribution in [0.25, 0.3) is 10.8 Å². The molecule has 0 spiro atoms. The van der Waals surface area contributed by atoms with Crippen LogP contribution in [0.5, 0.6) is 0 Å². The Morgan fingerprint density at radius 2 is 1.67 bits per heavy atom. The molecular formula is C21H20N2O3S. The minimum absolute atomic E-state index is 0.0404. The van der Waals surface area contributed by atoms with Crippen LogP contribution >= 0.6 is 11.8 Å². The van der Waals surface area contributed by atoms with Gasteiger partial charge >= 0.3 is 0 Å². The number of hydrogen-bond donors (Lipinski definition) is 0. The van der Waals surface area contributed by atoms with E-state index in [4.69, 9.17) is 4.42 Å². The first kappa shape index (κ1) is 17.7. The summed E-state index contributed by atoms with van der Waals surface area (Å²) in [5.74, 6) is 0.485. The zero-order chi connectivity index (χ0) is 18.6. The van der Waals surface area contributed by atoms with Gasteiger partial charge in [0.2, 0.25) is 5.91 Å². The molecule has 1 fully saturated rings. The molecule has 3 aromatic rings. The summed E-state index contributed by atoms with van der Waals surface area (Å²) < 4.78 is 4.97. The summed E-state index contributed by atoms with van der Waals surface area (Å²) in [6, 6.07) is 16.1. The number of furan rings is 1. The van der Waals surface area contributed by atoms with Gasteiger partial charge in [0, 0.05) is 31.1 Å². The number of piperazine rings is 1. The first-order valence-electron chi connectivity index (χ1n) is 8.91. The third-order valence-electron chi connectivity index (χ3n) is 4.77. The number of amides is 2. The van der Waals surface area contributed by atoms with Gasteiger partial charge in [-0.15, -0.1) is 11.8 Å². The number of benzene rings is 2. The lowest BCUT2D eigenvalue weighted by Crippen LogP contribution is -2.51. The van der Waals surface area contributed by atoms with Crippen LogP contribution in [0, 0.1) is 0 Å². The molecule has 0 saturated carbocycles. The van der Waals surface area contributed by atoms with Crippen LogP contribution in [0.4, 0.5) is 0 Å². The standard InChI is InChI=1S/C21H20N2O3S/c24-20(15-27-19-6-5-16-3-1-2-4-17(16)13-19)22-8-10-23(11-9-22)21(25)18-7-12-26-14-18/h1-7,12-14H,8-11,15H2. The molecular weight excluding hydrogens is 360 g/mol. The highest BCUT2D eigenvalue weighted by Crippen LogP contribution is 2.24. The van der Waals surface area contributed by atoms with Gasteiger partial charge < -0.3 is 14.2 Å². The molecule has 0 unspecified atom stereocenters. The number of carbonyl (C=O) groups excluding carboxylic acids is 2. The molecule has 27 heavy (non-hydrogen) atoms. The zero-order valence-corrected chi connectivity index (χ0v) is 15.7. The molecule has 6 heteroatoms. The molecule has 2 heterocycles. The average molecular weight is 380 g/mol. The van der Waals surface area contributed by atoms with Crippen molar-refractivity contribution < 1.29 is 14.0 Å². The van der Waals surface area contributed by atoms with Gasteiger partial charge in [0.15, 0.2) is 0 Å². The lowest BCUT2D eigenvalue weighted by Gasteiger charge is -2.34. The van der Waals surface area contributed by atoms with Crippen molar-refractivity contribution in [2.24, 2.45) is 0 Å². The predicted octanol–water partition coefficient (Wildman–Crippen LogP) is 3.51. The second kappa shape index (κ2) is 7.88. The number of fused-ring (bicyclic) bond motifs is 1. The fourth-order valence-corrected chi connectivity index (χ4v) is 4.07. The zero-order valence-electron chi connectivity index (χ0n) is 14.8. The van der Waals surface area contributed by atoms with Crippen molar-refractivity contribution in [2.45, 2.75) is 4.90 Å². The molecule has 1 aliphatic rings. The van der Waals surface area contributed by atoms with Crippen LogP contribution in [-0.2, 0) is 4.79 Å². The number of hydrogen-bond acceptors (Lipinski definition) is 4.